The van der Waals surface area contributed by atoms with Gasteiger partial charge in [-0.15, -0.1) is 0 Å². The minimum atomic E-state index is -0.714. The Morgan fingerprint density at radius 2 is 1.00 bits per heavy atom. The fourth-order valence-corrected chi connectivity index (χ4v) is 12.7. The molecule has 8 heterocycles. The number of pyridine rings is 2. The van der Waals surface area contributed by atoms with Crippen LogP contribution in [-0.4, -0.2) is 208 Å². The summed E-state index contributed by atoms with van der Waals surface area (Å²) in [4.78, 5) is 100. The van der Waals surface area contributed by atoms with E-state index in [2.05, 4.69) is 88.4 Å². The Morgan fingerprint density at radius 3 is 1.40 bits per heavy atom. The molecule has 4 amide bonds. The van der Waals surface area contributed by atoms with Gasteiger partial charge < -0.3 is 50.5 Å². The van der Waals surface area contributed by atoms with Crippen LogP contribution >= 0.6 is 0 Å². The number of nitrogens with zero attached hydrogens (tertiary/aromatic N) is 6. The molecule has 4 aromatic rings. The lowest BCUT2D eigenvalue weighted by Crippen LogP contribution is -2.62. The van der Waals surface area contributed by atoms with Gasteiger partial charge in [-0.25, -0.2) is 8.78 Å². The molecule has 0 bridgehead atoms. The average molecular weight is 1180 g/mol. The maximum absolute atomic E-state index is 14.3. The second-order valence-electron chi connectivity index (χ2n) is 25.2. The number of ether oxygens (including phenoxy) is 2. The maximum atomic E-state index is 14.3. The van der Waals surface area contributed by atoms with Gasteiger partial charge in [-0.3, -0.25) is 48.4 Å². The van der Waals surface area contributed by atoms with Crippen LogP contribution in [0.2, 0.25) is 0 Å². The predicted molar refractivity (Wildman–Crippen MR) is 323 cm³/mol. The molecule has 0 spiro atoms. The molecule has 0 aliphatic carbocycles. The van der Waals surface area contributed by atoms with Crippen LogP contribution in [0, 0.1) is 35.3 Å². The Kier molecular flexibility index (Phi) is 19.4. The van der Waals surface area contributed by atoms with E-state index >= 15 is 0 Å². The van der Waals surface area contributed by atoms with Crippen molar-refractivity contribution in [2.24, 2.45) is 0 Å². The number of fused-ring (bicyclic) bond motifs is 2. The first-order valence-electron chi connectivity index (χ1n) is 29.9. The summed E-state index contributed by atoms with van der Waals surface area (Å²) in [7, 11) is 0. The second kappa shape index (κ2) is 26.9. The lowest BCUT2D eigenvalue weighted by atomic mass is 9.91. The summed E-state index contributed by atoms with van der Waals surface area (Å²) >= 11 is 0. The Morgan fingerprint density at radius 1 is 0.605 bits per heavy atom. The van der Waals surface area contributed by atoms with E-state index in [4.69, 9.17) is 9.47 Å². The molecule has 20 nitrogen and oxygen atoms in total. The molecule has 4 saturated heterocycles. The molecule has 458 valence electrons. The van der Waals surface area contributed by atoms with Crippen molar-refractivity contribution >= 4 is 35.0 Å². The fourth-order valence-electron chi connectivity index (χ4n) is 12.7. The molecule has 6 N–H and O–H groups in total. The number of benzene rings is 2. The van der Waals surface area contributed by atoms with Gasteiger partial charge in [0.25, 0.3) is 22.9 Å². The number of morpholine rings is 2. The summed E-state index contributed by atoms with van der Waals surface area (Å²) in [5.74, 6) is 9.79. The topological polar surface area (TPSA) is 220 Å². The molecular formula is C64H80F2N12O8. The number of aromatic amines is 2. The standard InChI is InChI=1S/C64H80F2N12O8/c1-41-31-75(37-55(79)77-39-63(3,4)57-51(77)27-45(59(81)71-57)25-43-11-15-47(65)16-12-43)49(29-69-41)33-73-21-23-85-53(35-73)61(83)67-19-9-7-8-10-20-68-62(84)54-36-74(22-24-86-54)34-50-30-70-42(2)32-76(50)38-56(80)78-40-64(5,6)58-52(78)28-46(60(82)72-58)26-44-13-17-48(66)18-14-44/h11-18,27-28,41-42,49-50,53-54,69-70H,19-26,29-40H2,1-6H3,(H,67,83)(H,68,84)(H,71,81)(H,72,82)/t41-,42-,49-,50-,53+,54+/m1/s1. The highest BCUT2D eigenvalue weighted by Gasteiger charge is 2.43. The summed E-state index contributed by atoms with van der Waals surface area (Å²) in [6.45, 7) is 20.1. The lowest BCUT2D eigenvalue weighted by molar-refractivity contribution is -0.139. The van der Waals surface area contributed by atoms with Gasteiger partial charge in [0.1, 0.15) is 23.8 Å². The highest BCUT2D eigenvalue weighted by atomic mass is 19.1. The number of H-pyrrole nitrogens is 2. The minimum Gasteiger partial charge on any atom is -0.366 e. The first-order chi connectivity index (χ1) is 41.2. The van der Waals surface area contributed by atoms with Gasteiger partial charge in [-0.2, -0.15) is 0 Å². The summed E-state index contributed by atoms with van der Waals surface area (Å²) < 4.78 is 39.1. The molecule has 0 saturated carbocycles. The Hall–Kier alpha value is -7.12. The minimum absolute atomic E-state index is 0.0234. The number of halogens is 2. The monoisotopic (exact) mass is 1180 g/mol. The Balaban J connectivity index is 0.658. The Labute approximate surface area is 501 Å². The van der Waals surface area contributed by atoms with Crippen molar-refractivity contribution in [2.75, 3.05) is 128 Å². The third-order valence-electron chi connectivity index (χ3n) is 17.3. The van der Waals surface area contributed by atoms with E-state index in [0.717, 1.165) is 22.5 Å². The van der Waals surface area contributed by atoms with Crippen molar-refractivity contribution in [3.63, 3.8) is 0 Å². The Bertz CT molecular complexity index is 3180. The van der Waals surface area contributed by atoms with Crippen molar-refractivity contribution in [2.45, 2.75) is 102 Å². The molecule has 0 unspecified atom stereocenters. The first kappa shape index (κ1) is 61.9. The number of hydrogen-bond acceptors (Lipinski definition) is 14. The zero-order valence-corrected chi connectivity index (χ0v) is 50.1. The predicted octanol–water partition coefficient (Wildman–Crippen LogP) is 1.44. The first-order valence-corrected chi connectivity index (χ1v) is 29.9. The zero-order chi connectivity index (χ0) is 60.9. The van der Waals surface area contributed by atoms with Crippen molar-refractivity contribution < 1.29 is 37.4 Å². The van der Waals surface area contributed by atoms with E-state index in [0.29, 0.717) is 127 Å². The number of carbonyl (C=O) groups is 4. The summed E-state index contributed by atoms with van der Waals surface area (Å²) in [5, 5.41) is 12.8. The third-order valence-corrected chi connectivity index (χ3v) is 17.3. The molecule has 6 aliphatic heterocycles. The normalized spacial score (nSPS) is 24.0. The number of hydrogen-bond donors (Lipinski definition) is 6. The van der Waals surface area contributed by atoms with Gasteiger partial charge in [0.2, 0.25) is 11.8 Å². The van der Waals surface area contributed by atoms with E-state index < -0.39 is 23.0 Å². The van der Waals surface area contributed by atoms with Gasteiger partial charge in [0.15, 0.2) is 0 Å². The fraction of sp³-hybridized carbons (Fsp3) is 0.531. The molecule has 4 fully saturated rings. The lowest BCUT2D eigenvalue weighted by Gasteiger charge is -2.43. The molecule has 22 heteroatoms. The summed E-state index contributed by atoms with van der Waals surface area (Å²) in [6, 6.07) is 16.0. The quantitative estimate of drug-likeness (QED) is 0.0876. The smallest absolute Gasteiger partial charge is 0.251 e. The number of piperazine rings is 2. The molecule has 10 rings (SSSR count). The third kappa shape index (κ3) is 15.0. The van der Waals surface area contributed by atoms with E-state index in [-0.39, 0.29) is 96.7 Å². The number of nitrogens with one attached hydrogen (secondary N) is 6. The van der Waals surface area contributed by atoms with Crippen LogP contribution in [0.15, 0.2) is 70.3 Å². The number of anilines is 2. The van der Waals surface area contributed by atoms with Crippen LogP contribution in [0.1, 0.15) is 75.2 Å². The van der Waals surface area contributed by atoms with Crippen LogP contribution in [0.3, 0.4) is 0 Å². The van der Waals surface area contributed by atoms with Gasteiger partial charge in [-0.1, -0.05) is 63.8 Å². The molecule has 6 aliphatic rings. The van der Waals surface area contributed by atoms with E-state index in [1.54, 1.807) is 34.1 Å². The molecule has 86 heavy (non-hydrogen) atoms. The number of amides is 4. The van der Waals surface area contributed by atoms with Crippen molar-refractivity contribution in [1.82, 2.24) is 50.8 Å². The van der Waals surface area contributed by atoms with Gasteiger partial charge in [0.05, 0.1) is 50.8 Å². The van der Waals surface area contributed by atoms with Gasteiger partial charge >= 0.3 is 0 Å². The van der Waals surface area contributed by atoms with Crippen molar-refractivity contribution in [3.05, 3.63) is 127 Å². The highest BCUT2D eigenvalue weighted by molar-refractivity contribution is 5.98. The number of aromatic nitrogens is 2. The van der Waals surface area contributed by atoms with Gasteiger partial charge in [0, 0.05) is 149 Å². The molecule has 0 radical (unpaired) electrons. The van der Waals surface area contributed by atoms with E-state index in [1.165, 1.54) is 24.3 Å². The molecule has 6 atom stereocenters. The van der Waals surface area contributed by atoms with Crippen LogP contribution in [0.25, 0.3) is 0 Å². The zero-order valence-electron chi connectivity index (χ0n) is 50.1. The van der Waals surface area contributed by atoms with E-state index in [1.807, 2.05) is 39.8 Å². The SMILES string of the molecule is C[C@@H]1CN(CC(=O)N2CC(C)(C)c3[nH]c(=O)c(Cc4ccc(F)cc4)cc32)[C@@H](CN2CCO[C@H](C(=O)NCC#CC#CCNC(=O)[C@@H]3CN(C[C@H]4CN[C@H](C)CN4CC(=O)N4CC(C)(C)c5[nH]c(=O)c(Cc6ccc(F)cc6)cc54)CCO3)C2)CN1. The largest absolute Gasteiger partial charge is 0.366 e. The summed E-state index contributed by atoms with van der Waals surface area (Å²) in [6.07, 6.45) is -0.825. The number of rotatable bonds is 16. The average Bonchev–Trinajstić information content (AvgIpc) is 1.70. The van der Waals surface area contributed by atoms with E-state index in [9.17, 15) is 37.5 Å². The van der Waals surface area contributed by atoms with Crippen LogP contribution in [0.4, 0.5) is 20.2 Å². The van der Waals surface area contributed by atoms with Gasteiger partial charge in [-0.05, 0) is 73.2 Å². The van der Waals surface area contributed by atoms with Crippen LogP contribution in [0.5, 0.6) is 0 Å². The second-order valence-corrected chi connectivity index (χ2v) is 25.2. The van der Waals surface area contributed by atoms with Crippen LogP contribution < -0.4 is 42.2 Å². The molecule has 2 aromatic carbocycles. The molecular weight excluding hydrogens is 1100 g/mol. The summed E-state index contributed by atoms with van der Waals surface area (Å²) in [5.41, 5.74) is 4.01. The number of carbonyl (C=O) groups excluding carboxylic acids is 4. The highest BCUT2D eigenvalue weighted by Crippen LogP contribution is 2.40. The maximum Gasteiger partial charge on any atom is 0.251 e. The van der Waals surface area contributed by atoms with Crippen molar-refractivity contribution in [1.29, 1.82) is 0 Å². The van der Waals surface area contributed by atoms with Crippen molar-refractivity contribution in [3.8, 4) is 23.7 Å². The van der Waals surface area contributed by atoms with Crippen LogP contribution in [-0.2, 0) is 52.3 Å². The molecule has 2 aromatic heterocycles.